The molecule has 4 unspecified atom stereocenters. The Morgan fingerprint density at radius 2 is 1.40 bits per heavy atom. The van der Waals surface area contributed by atoms with Crippen LogP contribution in [0.2, 0.25) is 0 Å². The second-order valence-corrected chi connectivity index (χ2v) is 9.50. The molecule has 0 spiro atoms. The number of aliphatic carboxylic acids is 2. The zero-order valence-electron chi connectivity index (χ0n) is 21.9. The number of benzene rings is 2. The molecule has 12 heteroatoms. The summed E-state index contributed by atoms with van der Waals surface area (Å²) < 4.78 is 0. The van der Waals surface area contributed by atoms with Gasteiger partial charge in [-0.1, -0.05) is 48.5 Å². The Hall–Kier alpha value is -4.71. The summed E-state index contributed by atoms with van der Waals surface area (Å²) in [7, 11) is 0. The first-order valence-corrected chi connectivity index (χ1v) is 12.8. The predicted molar refractivity (Wildman–Crippen MR) is 146 cm³/mol. The maximum atomic E-state index is 13.3. The van der Waals surface area contributed by atoms with Gasteiger partial charge in [0.1, 0.15) is 18.1 Å². The molecule has 40 heavy (non-hydrogen) atoms. The van der Waals surface area contributed by atoms with Crippen molar-refractivity contribution in [2.24, 2.45) is 5.73 Å². The van der Waals surface area contributed by atoms with Gasteiger partial charge in [-0.2, -0.15) is 0 Å². The number of H-pyrrole nitrogens is 1. The zero-order valence-corrected chi connectivity index (χ0v) is 21.9. The Morgan fingerprint density at radius 3 is 2.05 bits per heavy atom. The van der Waals surface area contributed by atoms with Crippen LogP contribution in [0.25, 0.3) is 10.9 Å². The Balaban J connectivity index is 1.78. The van der Waals surface area contributed by atoms with Gasteiger partial charge in [-0.3, -0.25) is 19.2 Å². The first kappa shape index (κ1) is 29.8. The minimum absolute atomic E-state index is 0.0498. The first-order chi connectivity index (χ1) is 19.0. The monoisotopic (exact) mass is 551 g/mol. The number of nitrogens with two attached hydrogens (primary N) is 1. The number of aromatic amines is 1. The molecule has 2 aromatic carbocycles. The quantitative estimate of drug-likeness (QED) is 0.152. The highest BCUT2D eigenvalue weighted by molar-refractivity contribution is 5.94. The molecule has 0 aliphatic rings. The van der Waals surface area contributed by atoms with E-state index in [1.165, 1.54) is 6.92 Å². The molecule has 0 aliphatic carbocycles. The molecule has 0 fully saturated rings. The second-order valence-electron chi connectivity index (χ2n) is 9.50. The lowest BCUT2D eigenvalue weighted by Gasteiger charge is -2.25. The zero-order chi connectivity index (χ0) is 29.2. The minimum Gasteiger partial charge on any atom is -0.481 e. The molecule has 212 valence electrons. The van der Waals surface area contributed by atoms with Crippen molar-refractivity contribution in [2.75, 3.05) is 0 Å². The normalized spacial score (nSPS) is 13.9. The number of carboxylic acids is 2. The van der Waals surface area contributed by atoms with Crippen molar-refractivity contribution >= 4 is 40.6 Å². The molecule has 3 amide bonds. The van der Waals surface area contributed by atoms with Crippen LogP contribution in [0.1, 0.15) is 30.9 Å². The Labute approximate surface area is 230 Å². The summed E-state index contributed by atoms with van der Waals surface area (Å²) >= 11 is 0. The maximum absolute atomic E-state index is 13.3. The summed E-state index contributed by atoms with van der Waals surface area (Å²) in [4.78, 5) is 65.1. The van der Waals surface area contributed by atoms with Crippen molar-refractivity contribution in [1.29, 1.82) is 0 Å². The third-order valence-corrected chi connectivity index (χ3v) is 6.32. The number of para-hydroxylation sites is 1. The van der Waals surface area contributed by atoms with Crippen molar-refractivity contribution in [3.05, 3.63) is 71.9 Å². The molecule has 3 rings (SSSR count). The predicted octanol–water partition coefficient (Wildman–Crippen LogP) is 0.704. The number of carbonyl (C=O) groups excluding carboxylic acids is 3. The Morgan fingerprint density at radius 1 is 0.800 bits per heavy atom. The van der Waals surface area contributed by atoms with Crippen LogP contribution in [0.4, 0.5) is 0 Å². The average molecular weight is 552 g/mol. The topological polar surface area (TPSA) is 204 Å². The molecule has 0 aliphatic heterocycles. The van der Waals surface area contributed by atoms with E-state index in [9.17, 15) is 34.2 Å². The van der Waals surface area contributed by atoms with Crippen molar-refractivity contribution in [1.82, 2.24) is 20.9 Å². The van der Waals surface area contributed by atoms with Crippen LogP contribution in [-0.4, -0.2) is 69.0 Å². The lowest BCUT2D eigenvalue weighted by Crippen LogP contribution is -2.57. The first-order valence-electron chi connectivity index (χ1n) is 12.8. The fourth-order valence-corrected chi connectivity index (χ4v) is 4.16. The van der Waals surface area contributed by atoms with E-state index >= 15 is 0 Å². The number of carbonyl (C=O) groups is 5. The van der Waals surface area contributed by atoms with Gasteiger partial charge in [0.2, 0.25) is 17.7 Å². The highest BCUT2D eigenvalue weighted by Gasteiger charge is 2.31. The van der Waals surface area contributed by atoms with E-state index in [2.05, 4.69) is 20.9 Å². The number of carboxylic acid groups (broad SMARTS) is 2. The standard InChI is InChI=1S/C28H33N5O7/c1-16(29)25(36)32-22(13-17-7-3-2-4-8-17)27(38)31-21(11-12-24(34)35)26(37)33-23(28(39)40)14-18-15-30-20-10-6-5-9-19(18)20/h2-10,15-16,21-23,30H,11-14,29H2,1H3,(H,31,38)(H,32,36)(H,33,37)(H,34,35)(H,39,40). The average Bonchev–Trinajstić information content (AvgIpc) is 3.33. The van der Waals surface area contributed by atoms with Crippen molar-refractivity contribution in [3.8, 4) is 0 Å². The molecular weight excluding hydrogens is 518 g/mol. The number of hydrogen-bond donors (Lipinski definition) is 7. The van der Waals surface area contributed by atoms with Crippen LogP contribution >= 0.6 is 0 Å². The van der Waals surface area contributed by atoms with Gasteiger partial charge in [0, 0.05) is 36.4 Å². The molecule has 8 N–H and O–H groups in total. The SMILES string of the molecule is CC(N)C(=O)NC(Cc1ccccc1)C(=O)NC(CCC(=O)O)C(=O)NC(Cc1c[nH]c2ccccc12)C(=O)O. The maximum Gasteiger partial charge on any atom is 0.326 e. The number of rotatable bonds is 14. The minimum atomic E-state index is -1.38. The van der Waals surface area contributed by atoms with Crippen molar-refractivity contribution < 1.29 is 34.2 Å². The second kappa shape index (κ2) is 13.9. The summed E-state index contributed by atoms with van der Waals surface area (Å²) in [5, 5.41) is 27.3. The highest BCUT2D eigenvalue weighted by atomic mass is 16.4. The lowest BCUT2D eigenvalue weighted by molar-refractivity contribution is -0.143. The van der Waals surface area contributed by atoms with Crippen LogP contribution in [0.5, 0.6) is 0 Å². The summed E-state index contributed by atoms with van der Waals surface area (Å²) in [6, 6.07) is 11.4. The number of hydrogen-bond acceptors (Lipinski definition) is 6. The Kier molecular flexibility index (Phi) is 10.4. The lowest BCUT2D eigenvalue weighted by atomic mass is 10.0. The summed E-state index contributed by atoms with van der Waals surface area (Å²) in [5.41, 5.74) is 7.84. The van der Waals surface area contributed by atoms with E-state index in [1.807, 2.05) is 24.3 Å². The number of amides is 3. The molecule has 3 aromatic rings. The molecule has 0 bridgehead atoms. The van der Waals surface area contributed by atoms with Crippen LogP contribution in [0, 0.1) is 0 Å². The van der Waals surface area contributed by atoms with E-state index < -0.39 is 60.2 Å². The highest BCUT2D eigenvalue weighted by Crippen LogP contribution is 2.19. The van der Waals surface area contributed by atoms with Gasteiger partial charge < -0.3 is 36.9 Å². The van der Waals surface area contributed by atoms with Gasteiger partial charge in [0.25, 0.3) is 0 Å². The van der Waals surface area contributed by atoms with Crippen LogP contribution < -0.4 is 21.7 Å². The molecule has 4 atom stereocenters. The molecular formula is C28H33N5O7. The van der Waals surface area contributed by atoms with Crippen molar-refractivity contribution in [2.45, 2.75) is 56.8 Å². The Bertz CT molecular complexity index is 1360. The molecule has 0 saturated carbocycles. The van der Waals surface area contributed by atoms with Crippen molar-refractivity contribution in [3.63, 3.8) is 0 Å². The van der Waals surface area contributed by atoms with Crippen LogP contribution in [-0.2, 0) is 36.8 Å². The van der Waals surface area contributed by atoms with Gasteiger partial charge in [-0.15, -0.1) is 0 Å². The molecule has 1 aromatic heterocycles. The van der Waals surface area contributed by atoms with E-state index in [-0.39, 0.29) is 19.3 Å². The van der Waals surface area contributed by atoms with Gasteiger partial charge in [0.15, 0.2) is 0 Å². The molecule has 1 heterocycles. The van der Waals surface area contributed by atoms with Crippen LogP contribution in [0.3, 0.4) is 0 Å². The molecule has 0 radical (unpaired) electrons. The van der Waals surface area contributed by atoms with E-state index in [4.69, 9.17) is 5.73 Å². The smallest absolute Gasteiger partial charge is 0.326 e. The largest absolute Gasteiger partial charge is 0.481 e. The third-order valence-electron chi connectivity index (χ3n) is 6.32. The van der Waals surface area contributed by atoms with E-state index in [1.54, 1.807) is 36.5 Å². The number of nitrogens with one attached hydrogen (secondary N) is 4. The van der Waals surface area contributed by atoms with Crippen LogP contribution in [0.15, 0.2) is 60.8 Å². The fraction of sp³-hybridized carbons (Fsp3) is 0.321. The van der Waals surface area contributed by atoms with E-state index in [0.717, 1.165) is 16.5 Å². The molecule has 12 nitrogen and oxygen atoms in total. The summed E-state index contributed by atoms with van der Waals surface area (Å²) in [6.45, 7) is 1.45. The summed E-state index contributed by atoms with van der Waals surface area (Å²) in [5.74, 6) is -4.70. The third kappa shape index (κ3) is 8.40. The molecule has 0 saturated heterocycles. The van der Waals surface area contributed by atoms with Gasteiger partial charge in [-0.05, 0) is 30.5 Å². The summed E-state index contributed by atoms with van der Waals surface area (Å²) in [6.07, 6.45) is 0.925. The van der Waals surface area contributed by atoms with Gasteiger partial charge in [-0.25, -0.2) is 4.79 Å². The van der Waals surface area contributed by atoms with Gasteiger partial charge in [0.05, 0.1) is 6.04 Å². The number of aromatic nitrogens is 1. The van der Waals surface area contributed by atoms with E-state index in [0.29, 0.717) is 5.56 Å². The number of fused-ring (bicyclic) bond motifs is 1. The fourth-order valence-electron chi connectivity index (χ4n) is 4.16. The van der Waals surface area contributed by atoms with Gasteiger partial charge >= 0.3 is 11.9 Å².